The second-order valence-electron chi connectivity index (χ2n) is 3.89. The molecule has 1 aromatic carbocycles. The molecule has 0 aliphatic carbocycles. The van der Waals surface area contributed by atoms with Gasteiger partial charge in [-0.15, -0.1) is 11.3 Å². The number of carbonyl (C=O) groups excluding carboxylic acids is 1. The maximum absolute atomic E-state index is 11.8. The second-order valence-corrected chi connectivity index (χ2v) is 5.16. The van der Waals surface area contributed by atoms with Crippen molar-refractivity contribution in [3.63, 3.8) is 0 Å². The third-order valence-corrected chi connectivity index (χ3v) is 3.27. The number of halogens is 1. The van der Waals surface area contributed by atoms with Crippen LogP contribution in [0.1, 0.15) is 5.69 Å². The quantitative estimate of drug-likeness (QED) is 0.592. The number of amides is 1. The van der Waals surface area contributed by atoms with E-state index < -0.39 is 0 Å². The van der Waals surface area contributed by atoms with Gasteiger partial charge in [0.1, 0.15) is 0 Å². The molecule has 0 radical (unpaired) electrons. The van der Waals surface area contributed by atoms with Gasteiger partial charge in [-0.3, -0.25) is 4.79 Å². The van der Waals surface area contributed by atoms with Crippen LogP contribution in [0.3, 0.4) is 0 Å². The molecule has 1 amide bonds. The average Bonchev–Trinajstić information content (AvgIpc) is 2.78. The molecule has 8 heteroatoms. The highest BCUT2D eigenvalue weighted by Gasteiger charge is 2.08. The molecule has 2 rings (SSSR count). The van der Waals surface area contributed by atoms with E-state index in [1.165, 1.54) is 11.3 Å². The maximum Gasteiger partial charge on any atom is 0.230 e. The largest absolute Gasteiger partial charge is 0.370 e. The number of benzene rings is 1. The summed E-state index contributed by atoms with van der Waals surface area (Å²) in [5.41, 5.74) is 11.8. The lowest BCUT2D eigenvalue weighted by atomic mass is 10.3. The van der Waals surface area contributed by atoms with Gasteiger partial charge < -0.3 is 16.8 Å². The summed E-state index contributed by atoms with van der Waals surface area (Å²) in [7, 11) is 0. The topological polar surface area (TPSA) is 106 Å². The summed E-state index contributed by atoms with van der Waals surface area (Å²) in [4.78, 5) is 19.8. The van der Waals surface area contributed by atoms with Crippen LogP contribution < -0.4 is 16.8 Å². The predicted molar refractivity (Wildman–Crippen MR) is 81.4 cm³/mol. The van der Waals surface area contributed by atoms with Gasteiger partial charge in [0, 0.05) is 16.1 Å². The minimum Gasteiger partial charge on any atom is -0.370 e. The highest BCUT2D eigenvalue weighted by molar-refractivity contribution is 7.13. The smallest absolute Gasteiger partial charge is 0.230 e. The second kappa shape index (κ2) is 6.36. The number of guanidine groups is 1. The fourth-order valence-electron chi connectivity index (χ4n) is 1.44. The molecule has 0 aliphatic heterocycles. The van der Waals surface area contributed by atoms with Crippen molar-refractivity contribution in [1.29, 1.82) is 0 Å². The monoisotopic (exact) mass is 309 g/mol. The fourth-order valence-corrected chi connectivity index (χ4v) is 2.27. The van der Waals surface area contributed by atoms with E-state index >= 15 is 0 Å². The SMILES string of the molecule is NC(N)=Nc1nc(CC(=O)Nc2ccc(Cl)cc2)cs1. The van der Waals surface area contributed by atoms with Gasteiger partial charge in [-0.25, -0.2) is 4.98 Å². The summed E-state index contributed by atoms with van der Waals surface area (Å²) in [6.45, 7) is 0. The van der Waals surface area contributed by atoms with Gasteiger partial charge in [-0.1, -0.05) is 11.6 Å². The Bertz CT molecular complexity index is 634. The molecule has 0 spiro atoms. The van der Waals surface area contributed by atoms with E-state index in [9.17, 15) is 4.79 Å². The Labute approximate surface area is 124 Å². The highest BCUT2D eigenvalue weighted by atomic mass is 35.5. The van der Waals surface area contributed by atoms with Crippen LogP contribution in [0.5, 0.6) is 0 Å². The lowest BCUT2D eigenvalue weighted by Gasteiger charge is -2.03. The Balaban J connectivity index is 1.96. The van der Waals surface area contributed by atoms with Crippen LogP contribution in [0.25, 0.3) is 0 Å². The fraction of sp³-hybridized carbons (Fsp3) is 0.0833. The van der Waals surface area contributed by atoms with Crippen LogP contribution >= 0.6 is 22.9 Å². The third-order valence-electron chi connectivity index (χ3n) is 2.23. The molecule has 0 bridgehead atoms. The van der Waals surface area contributed by atoms with Crippen molar-refractivity contribution in [2.75, 3.05) is 5.32 Å². The molecule has 2 aromatic rings. The number of rotatable bonds is 4. The Morgan fingerprint density at radius 2 is 2.05 bits per heavy atom. The maximum atomic E-state index is 11.8. The first kappa shape index (κ1) is 14.3. The van der Waals surface area contributed by atoms with Gasteiger partial charge in [0.15, 0.2) is 5.96 Å². The van der Waals surface area contributed by atoms with Gasteiger partial charge in [0.25, 0.3) is 0 Å². The summed E-state index contributed by atoms with van der Waals surface area (Å²) < 4.78 is 0. The minimum atomic E-state index is -0.172. The van der Waals surface area contributed by atoms with E-state index in [0.717, 1.165) is 0 Å². The molecular formula is C12H12ClN5OS. The van der Waals surface area contributed by atoms with E-state index in [4.69, 9.17) is 23.1 Å². The van der Waals surface area contributed by atoms with Crippen LogP contribution in [-0.4, -0.2) is 16.9 Å². The number of nitrogens with two attached hydrogens (primary N) is 2. The van der Waals surface area contributed by atoms with Crippen molar-refractivity contribution in [1.82, 2.24) is 4.98 Å². The van der Waals surface area contributed by atoms with E-state index in [1.54, 1.807) is 29.6 Å². The lowest BCUT2D eigenvalue weighted by Crippen LogP contribution is -2.21. The Morgan fingerprint density at radius 1 is 1.35 bits per heavy atom. The summed E-state index contributed by atoms with van der Waals surface area (Å²) >= 11 is 7.04. The zero-order chi connectivity index (χ0) is 14.5. The summed E-state index contributed by atoms with van der Waals surface area (Å²) in [5.74, 6) is -0.231. The number of anilines is 1. The van der Waals surface area contributed by atoms with Gasteiger partial charge >= 0.3 is 0 Å². The van der Waals surface area contributed by atoms with E-state index in [-0.39, 0.29) is 18.3 Å². The van der Waals surface area contributed by atoms with Crippen molar-refractivity contribution in [2.45, 2.75) is 6.42 Å². The van der Waals surface area contributed by atoms with Crippen LogP contribution in [-0.2, 0) is 11.2 Å². The normalized spacial score (nSPS) is 10.1. The molecule has 0 saturated heterocycles. The molecule has 20 heavy (non-hydrogen) atoms. The summed E-state index contributed by atoms with van der Waals surface area (Å²) in [6, 6.07) is 6.87. The van der Waals surface area contributed by atoms with Crippen molar-refractivity contribution < 1.29 is 4.79 Å². The van der Waals surface area contributed by atoms with E-state index in [2.05, 4.69) is 15.3 Å². The van der Waals surface area contributed by atoms with Gasteiger partial charge in [0.2, 0.25) is 11.0 Å². The van der Waals surface area contributed by atoms with E-state index in [0.29, 0.717) is 21.5 Å². The van der Waals surface area contributed by atoms with Gasteiger partial charge in [-0.05, 0) is 24.3 Å². The molecule has 0 unspecified atom stereocenters. The summed E-state index contributed by atoms with van der Waals surface area (Å²) in [5, 5.41) is 5.53. The number of aromatic nitrogens is 1. The molecule has 0 fully saturated rings. The van der Waals surface area contributed by atoms with Crippen LogP contribution in [0, 0.1) is 0 Å². The van der Waals surface area contributed by atoms with Gasteiger partial charge in [-0.2, -0.15) is 4.99 Å². The number of thiazole rings is 1. The zero-order valence-electron chi connectivity index (χ0n) is 10.3. The standard InChI is InChI=1S/C12H12ClN5OS/c13-7-1-3-8(4-2-7)16-10(19)5-9-6-20-12(17-9)18-11(14)15/h1-4,6H,5H2,(H,16,19)(H4,14,15,17,18). The van der Waals surface area contributed by atoms with Crippen LogP contribution in [0.4, 0.5) is 10.8 Å². The highest BCUT2D eigenvalue weighted by Crippen LogP contribution is 2.19. The summed E-state index contributed by atoms with van der Waals surface area (Å²) in [6.07, 6.45) is 0.152. The van der Waals surface area contributed by atoms with Gasteiger partial charge in [0.05, 0.1) is 12.1 Å². The first-order valence-electron chi connectivity index (χ1n) is 5.62. The number of aliphatic imine (C=N–C) groups is 1. The first-order chi connectivity index (χ1) is 9.52. The minimum absolute atomic E-state index is 0.0588. The van der Waals surface area contributed by atoms with Crippen molar-refractivity contribution >= 4 is 45.6 Å². The molecule has 6 nitrogen and oxygen atoms in total. The molecule has 0 atom stereocenters. The average molecular weight is 310 g/mol. The molecular weight excluding hydrogens is 298 g/mol. The number of hydrogen-bond donors (Lipinski definition) is 3. The van der Waals surface area contributed by atoms with E-state index in [1.807, 2.05) is 0 Å². The number of carbonyl (C=O) groups is 1. The lowest BCUT2D eigenvalue weighted by molar-refractivity contribution is -0.115. The van der Waals surface area contributed by atoms with Crippen molar-refractivity contribution in [3.8, 4) is 0 Å². The van der Waals surface area contributed by atoms with Crippen molar-refractivity contribution in [2.24, 2.45) is 16.5 Å². The number of nitrogens with zero attached hydrogens (tertiary/aromatic N) is 2. The predicted octanol–water partition coefficient (Wildman–Crippen LogP) is 1.88. The molecule has 104 valence electrons. The molecule has 5 N–H and O–H groups in total. The van der Waals surface area contributed by atoms with Crippen LogP contribution in [0.2, 0.25) is 5.02 Å². The molecule has 0 saturated carbocycles. The molecule has 1 aromatic heterocycles. The number of hydrogen-bond acceptors (Lipinski definition) is 4. The molecule has 1 heterocycles. The zero-order valence-corrected chi connectivity index (χ0v) is 11.9. The van der Waals surface area contributed by atoms with Crippen LogP contribution in [0.15, 0.2) is 34.6 Å². The Morgan fingerprint density at radius 3 is 2.70 bits per heavy atom. The Hall–Kier alpha value is -2.12. The first-order valence-corrected chi connectivity index (χ1v) is 6.88. The molecule has 0 aliphatic rings. The third kappa shape index (κ3) is 4.22. The van der Waals surface area contributed by atoms with Crippen molar-refractivity contribution in [3.05, 3.63) is 40.4 Å². The Kier molecular flexibility index (Phi) is 4.54. The number of nitrogens with one attached hydrogen (secondary N) is 1.